The maximum atomic E-state index is 12.8. The minimum absolute atomic E-state index is 0.0721. The lowest BCUT2D eigenvalue weighted by atomic mass is 9.96. The van der Waals surface area contributed by atoms with Gasteiger partial charge in [0.15, 0.2) is 0 Å². The molecule has 0 aliphatic carbocycles. The average molecular weight is 316 g/mol. The minimum atomic E-state index is -0.760. The molecule has 0 aromatic heterocycles. The molecule has 124 valence electrons. The van der Waals surface area contributed by atoms with Crippen LogP contribution in [0.4, 0.5) is 5.69 Å². The number of amides is 1. The van der Waals surface area contributed by atoms with Gasteiger partial charge in [0.25, 0.3) is 0 Å². The predicted molar refractivity (Wildman–Crippen MR) is 88.4 cm³/mol. The van der Waals surface area contributed by atoms with Crippen LogP contribution in [0.1, 0.15) is 25.8 Å². The van der Waals surface area contributed by atoms with E-state index < -0.39 is 5.97 Å². The third-order valence-electron chi connectivity index (χ3n) is 5.16. The Bertz CT molecular complexity index is 616. The van der Waals surface area contributed by atoms with Crippen LogP contribution in [0.3, 0.4) is 0 Å². The summed E-state index contributed by atoms with van der Waals surface area (Å²) in [6.07, 6.45) is 1.97. The molecule has 1 aromatic carbocycles. The third-order valence-corrected chi connectivity index (χ3v) is 5.16. The molecule has 3 rings (SSSR count). The van der Waals surface area contributed by atoms with Gasteiger partial charge in [-0.1, -0.05) is 25.1 Å². The number of likely N-dealkylation sites (tertiary alicyclic amines) is 1. The summed E-state index contributed by atoms with van der Waals surface area (Å²) >= 11 is 0. The van der Waals surface area contributed by atoms with Gasteiger partial charge in [-0.05, 0) is 37.3 Å². The molecule has 2 aliphatic heterocycles. The average Bonchev–Trinajstić information content (AvgIpc) is 2.87. The molecule has 23 heavy (non-hydrogen) atoms. The van der Waals surface area contributed by atoms with Crippen LogP contribution in [-0.4, -0.2) is 47.6 Å². The molecule has 2 heterocycles. The van der Waals surface area contributed by atoms with E-state index in [1.807, 2.05) is 34.9 Å². The first kappa shape index (κ1) is 16.0. The summed E-state index contributed by atoms with van der Waals surface area (Å²) in [6, 6.07) is 8.26. The van der Waals surface area contributed by atoms with E-state index in [1.165, 1.54) is 5.56 Å². The number of hydrogen-bond acceptors (Lipinski definition) is 3. The predicted octanol–water partition coefficient (Wildman–Crippen LogP) is 2.01. The van der Waals surface area contributed by atoms with Gasteiger partial charge < -0.3 is 10.0 Å². The first-order valence-corrected chi connectivity index (χ1v) is 8.32. The molecule has 0 spiro atoms. The highest BCUT2D eigenvalue weighted by Gasteiger charge is 2.37. The Hall–Kier alpha value is -1.88. The molecule has 1 aromatic rings. The SMILES string of the molecule is CC1CCc2ccccc2N1C(=O)CN1C[C@@H](C)[C@H](C(=O)O)C1. The summed E-state index contributed by atoms with van der Waals surface area (Å²) in [5.74, 6) is -0.966. The number of hydrogen-bond donors (Lipinski definition) is 1. The summed E-state index contributed by atoms with van der Waals surface area (Å²) in [7, 11) is 0. The molecule has 5 nitrogen and oxygen atoms in total. The molecule has 1 amide bonds. The van der Waals surface area contributed by atoms with E-state index in [1.54, 1.807) is 0 Å². The van der Waals surface area contributed by atoms with Crippen LogP contribution in [0.5, 0.6) is 0 Å². The molecule has 1 N–H and O–H groups in total. The number of rotatable bonds is 3. The standard InChI is InChI=1S/C18H24N2O3/c1-12-9-19(10-15(12)18(22)23)11-17(21)20-13(2)7-8-14-5-3-4-6-16(14)20/h3-6,12-13,15H,7-11H2,1-2H3,(H,22,23)/t12-,13?,15-/m1/s1. The van der Waals surface area contributed by atoms with E-state index in [9.17, 15) is 14.7 Å². The van der Waals surface area contributed by atoms with Crippen molar-refractivity contribution >= 4 is 17.6 Å². The van der Waals surface area contributed by atoms with Crippen LogP contribution in [0.15, 0.2) is 24.3 Å². The van der Waals surface area contributed by atoms with E-state index in [4.69, 9.17) is 0 Å². The lowest BCUT2D eigenvalue weighted by Gasteiger charge is -2.36. The van der Waals surface area contributed by atoms with Gasteiger partial charge in [0.05, 0.1) is 12.5 Å². The molecule has 2 aliphatic rings. The Balaban J connectivity index is 1.73. The molecule has 0 saturated carbocycles. The lowest BCUT2D eigenvalue weighted by molar-refractivity contribution is -0.142. The molecule has 0 bridgehead atoms. The van der Waals surface area contributed by atoms with Crippen molar-refractivity contribution in [1.82, 2.24) is 4.90 Å². The van der Waals surface area contributed by atoms with Gasteiger partial charge in [-0.2, -0.15) is 0 Å². The summed E-state index contributed by atoms with van der Waals surface area (Å²) in [5.41, 5.74) is 2.23. The molecule has 1 saturated heterocycles. The fourth-order valence-electron chi connectivity index (χ4n) is 3.85. The summed E-state index contributed by atoms with van der Waals surface area (Å²) in [4.78, 5) is 28.0. The van der Waals surface area contributed by atoms with Crippen LogP contribution >= 0.6 is 0 Å². The van der Waals surface area contributed by atoms with E-state index >= 15 is 0 Å². The number of anilines is 1. The Morgan fingerprint density at radius 2 is 1.96 bits per heavy atom. The molecule has 5 heteroatoms. The van der Waals surface area contributed by atoms with Crippen molar-refractivity contribution in [3.63, 3.8) is 0 Å². The molecular weight excluding hydrogens is 292 g/mol. The highest BCUT2D eigenvalue weighted by Crippen LogP contribution is 2.31. The Morgan fingerprint density at radius 3 is 2.65 bits per heavy atom. The monoisotopic (exact) mass is 316 g/mol. The van der Waals surface area contributed by atoms with Crippen molar-refractivity contribution in [3.8, 4) is 0 Å². The van der Waals surface area contributed by atoms with Gasteiger partial charge in [0.1, 0.15) is 0 Å². The first-order chi connectivity index (χ1) is 11.0. The minimum Gasteiger partial charge on any atom is -0.481 e. The van der Waals surface area contributed by atoms with Crippen LogP contribution in [0, 0.1) is 11.8 Å². The Morgan fingerprint density at radius 1 is 1.22 bits per heavy atom. The molecule has 0 radical (unpaired) electrons. The number of carbonyl (C=O) groups is 2. The lowest BCUT2D eigenvalue weighted by Crippen LogP contribution is -2.46. The normalized spacial score (nSPS) is 27.7. The number of fused-ring (bicyclic) bond motifs is 1. The number of aryl methyl sites for hydroxylation is 1. The smallest absolute Gasteiger partial charge is 0.308 e. The zero-order valence-electron chi connectivity index (χ0n) is 13.7. The van der Waals surface area contributed by atoms with E-state index in [2.05, 4.69) is 13.0 Å². The Kier molecular flexibility index (Phi) is 4.39. The van der Waals surface area contributed by atoms with Crippen molar-refractivity contribution < 1.29 is 14.7 Å². The van der Waals surface area contributed by atoms with Gasteiger partial charge in [0, 0.05) is 24.8 Å². The fourth-order valence-corrected chi connectivity index (χ4v) is 3.85. The number of benzene rings is 1. The quantitative estimate of drug-likeness (QED) is 0.926. The molecule has 1 fully saturated rings. The maximum absolute atomic E-state index is 12.8. The number of carboxylic acid groups (broad SMARTS) is 1. The number of para-hydroxylation sites is 1. The molecule has 3 atom stereocenters. The zero-order chi connectivity index (χ0) is 16.6. The van der Waals surface area contributed by atoms with Gasteiger partial charge in [0.2, 0.25) is 5.91 Å². The number of aliphatic carboxylic acids is 1. The summed E-state index contributed by atoms with van der Waals surface area (Å²) < 4.78 is 0. The van der Waals surface area contributed by atoms with E-state index in [0.717, 1.165) is 18.5 Å². The van der Waals surface area contributed by atoms with Crippen LogP contribution in [-0.2, 0) is 16.0 Å². The van der Waals surface area contributed by atoms with Gasteiger partial charge in [-0.15, -0.1) is 0 Å². The zero-order valence-corrected chi connectivity index (χ0v) is 13.7. The highest BCUT2D eigenvalue weighted by atomic mass is 16.4. The van der Waals surface area contributed by atoms with Gasteiger partial charge in [-0.25, -0.2) is 0 Å². The Labute approximate surface area is 136 Å². The largest absolute Gasteiger partial charge is 0.481 e. The van der Waals surface area contributed by atoms with Crippen LogP contribution in [0.25, 0.3) is 0 Å². The van der Waals surface area contributed by atoms with Crippen LogP contribution < -0.4 is 4.90 Å². The van der Waals surface area contributed by atoms with Gasteiger partial charge >= 0.3 is 5.97 Å². The van der Waals surface area contributed by atoms with Gasteiger partial charge in [-0.3, -0.25) is 14.5 Å². The second kappa shape index (κ2) is 6.32. The van der Waals surface area contributed by atoms with Crippen molar-refractivity contribution in [1.29, 1.82) is 0 Å². The number of carbonyl (C=O) groups excluding carboxylic acids is 1. The second-order valence-corrected chi connectivity index (χ2v) is 6.90. The van der Waals surface area contributed by atoms with Crippen molar-refractivity contribution in [3.05, 3.63) is 29.8 Å². The van der Waals surface area contributed by atoms with Crippen LogP contribution in [0.2, 0.25) is 0 Å². The molecule has 1 unspecified atom stereocenters. The third kappa shape index (κ3) is 3.11. The van der Waals surface area contributed by atoms with Crippen molar-refractivity contribution in [2.45, 2.75) is 32.7 Å². The maximum Gasteiger partial charge on any atom is 0.308 e. The fraction of sp³-hybridized carbons (Fsp3) is 0.556. The number of carboxylic acids is 1. The highest BCUT2D eigenvalue weighted by molar-refractivity contribution is 5.96. The second-order valence-electron chi connectivity index (χ2n) is 6.90. The van der Waals surface area contributed by atoms with Crippen molar-refractivity contribution in [2.75, 3.05) is 24.5 Å². The first-order valence-electron chi connectivity index (χ1n) is 8.32. The summed E-state index contributed by atoms with van der Waals surface area (Å²) in [5, 5.41) is 9.23. The molecular formula is C18H24N2O3. The van der Waals surface area contributed by atoms with Crippen molar-refractivity contribution in [2.24, 2.45) is 11.8 Å². The van der Waals surface area contributed by atoms with E-state index in [0.29, 0.717) is 19.6 Å². The number of nitrogens with zero attached hydrogens (tertiary/aromatic N) is 2. The topological polar surface area (TPSA) is 60.9 Å². The van der Waals surface area contributed by atoms with E-state index in [-0.39, 0.29) is 23.8 Å². The summed E-state index contributed by atoms with van der Waals surface area (Å²) in [6.45, 7) is 5.47.